The van der Waals surface area contributed by atoms with Crippen LogP contribution < -0.4 is 5.32 Å². The van der Waals surface area contributed by atoms with E-state index in [1.807, 2.05) is 0 Å². The molecule has 3 N–H and O–H groups in total. The van der Waals surface area contributed by atoms with Crippen molar-refractivity contribution < 1.29 is 23.4 Å². The lowest BCUT2D eigenvalue weighted by Crippen LogP contribution is -2.30. The molecule has 0 aliphatic heterocycles. The van der Waals surface area contributed by atoms with E-state index in [-0.39, 0.29) is 33.7 Å². The second-order valence-corrected chi connectivity index (χ2v) is 12.4. The Balaban J connectivity index is 1.61. The van der Waals surface area contributed by atoms with Gasteiger partial charge in [-0.25, -0.2) is 8.42 Å². The summed E-state index contributed by atoms with van der Waals surface area (Å²) < 4.78 is 26.8. The zero-order valence-electron chi connectivity index (χ0n) is 23.8. The Bertz CT molecular complexity index is 1870. The summed E-state index contributed by atoms with van der Waals surface area (Å²) in [6.07, 6.45) is 0. The predicted octanol–water partition coefficient (Wildman–Crippen LogP) is 7.96. The number of carbonyl (C=O) groups excluding carboxylic acids is 1. The summed E-state index contributed by atoms with van der Waals surface area (Å²) in [7, 11) is -3.58. The summed E-state index contributed by atoms with van der Waals surface area (Å²) in [4.78, 5) is 12.8. The van der Waals surface area contributed by atoms with Gasteiger partial charge in [-0.05, 0) is 66.4 Å². The van der Waals surface area contributed by atoms with Gasteiger partial charge in [-0.15, -0.1) is 35.5 Å². The number of thiol groups is 2. The normalized spacial score (nSPS) is 12.2. The van der Waals surface area contributed by atoms with Crippen molar-refractivity contribution >= 4 is 80.4 Å². The zero-order chi connectivity index (χ0) is 31.5. The molecule has 14 heteroatoms. The first kappa shape index (κ1) is 31.9. The van der Waals surface area contributed by atoms with Crippen LogP contribution >= 0.6 is 25.3 Å². The van der Waals surface area contributed by atoms with Crippen LogP contribution in [0.1, 0.15) is 26.3 Å². The largest absolute Gasteiger partial charge is 0.506 e. The number of phenols is 2. The van der Waals surface area contributed by atoms with Crippen LogP contribution in [0.3, 0.4) is 0 Å². The number of carbonyl (C=O) groups is 1. The van der Waals surface area contributed by atoms with Gasteiger partial charge in [0.25, 0.3) is 0 Å². The predicted molar refractivity (Wildman–Crippen MR) is 172 cm³/mol. The molecular weight excluding hydrogens is 609 g/mol. The molecule has 4 aromatic rings. The summed E-state index contributed by atoms with van der Waals surface area (Å²) in [5.41, 5.74) is 1.93. The maximum absolute atomic E-state index is 12.7. The number of phenolic OH excluding ortho intramolecular Hbond substituents is 2. The number of fused-ring (bicyclic) bond motifs is 1. The summed E-state index contributed by atoms with van der Waals surface area (Å²) >= 11 is 8.81. The molecule has 4 aromatic carbocycles. The van der Waals surface area contributed by atoms with Crippen molar-refractivity contribution in [2.75, 3.05) is 18.4 Å². The standard InChI is InChI=1S/C29H30N6O5S3/c1-5-35(6-2)43(39,40)21-9-7-19(8-10-21)31-32-22-15-25(37)23(11-16(22)3)33-34-28-26(42)13-18-12-20(41)14-24(30-17(4)36)27(18)29(28)38/h7-15,37-38,41-42H,5-6H2,1-4H3,(H,30,36). The number of hydrogen-bond acceptors (Lipinski definition) is 11. The molecule has 224 valence electrons. The molecule has 0 heterocycles. The van der Waals surface area contributed by atoms with Gasteiger partial charge in [0, 0.05) is 41.3 Å². The number of sulfonamides is 1. The fourth-order valence-corrected chi connectivity index (χ4v) is 6.36. The molecule has 0 spiro atoms. The first-order valence-electron chi connectivity index (χ1n) is 13.1. The third-order valence-electron chi connectivity index (χ3n) is 6.46. The minimum Gasteiger partial charge on any atom is -0.506 e. The number of amides is 1. The smallest absolute Gasteiger partial charge is 0.243 e. The number of hydrogen-bond donors (Lipinski definition) is 5. The van der Waals surface area contributed by atoms with Crippen LogP contribution in [0.2, 0.25) is 0 Å². The van der Waals surface area contributed by atoms with E-state index in [4.69, 9.17) is 0 Å². The highest BCUT2D eigenvalue weighted by molar-refractivity contribution is 7.89. The number of rotatable bonds is 9. The average Bonchev–Trinajstić information content (AvgIpc) is 2.93. The highest BCUT2D eigenvalue weighted by Gasteiger charge is 2.21. The van der Waals surface area contributed by atoms with Gasteiger partial charge < -0.3 is 15.5 Å². The van der Waals surface area contributed by atoms with E-state index in [1.165, 1.54) is 29.4 Å². The number of azo groups is 2. The first-order chi connectivity index (χ1) is 20.3. The van der Waals surface area contributed by atoms with Crippen molar-refractivity contribution in [3.63, 3.8) is 0 Å². The lowest BCUT2D eigenvalue weighted by atomic mass is 10.1. The summed E-state index contributed by atoms with van der Waals surface area (Å²) in [5, 5.41) is 41.9. The molecule has 0 atom stereocenters. The van der Waals surface area contributed by atoms with Crippen molar-refractivity contribution in [2.45, 2.75) is 42.4 Å². The Morgan fingerprint density at radius 3 is 2.19 bits per heavy atom. The minimum atomic E-state index is -3.58. The number of aryl methyl sites for hydroxylation is 1. The van der Waals surface area contributed by atoms with E-state index in [2.05, 4.69) is 51.0 Å². The number of benzene rings is 4. The van der Waals surface area contributed by atoms with Crippen molar-refractivity contribution in [1.29, 1.82) is 0 Å². The van der Waals surface area contributed by atoms with Gasteiger partial charge in [0.15, 0.2) is 5.75 Å². The van der Waals surface area contributed by atoms with Gasteiger partial charge in [0.1, 0.15) is 17.1 Å². The van der Waals surface area contributed by atoms with Gasteiger partial charge in [0.2, 0.25) is 15.9 Å². The van der Waals surface area contributed by atoms with Crippen LogP contribution in [0.15, 0.2) is 89.7 Å². The van der Waals surface area contributed by atoms with E-state index in [1.54, 1.807) is 57.2 Å². The molecule has 4 rings (SSSR count). The molecule has 0 aliphatic rings. The molecule has 43 heavy (non-hydrogen) atoms. The van der Waals surface area contributed by atoms with E-state index >= 15 is 0 Å². The number of nitrogens with zero attached hydrogens (tertiary/aromatic N) is 5. The Hall–Kier alpha value is -3.98. The minimum absolute atomic E-state index is 0.0432. The van der Waals surface area contributed by atoms with Gasteiger partial charge in [-0.3, -0.25) is 4.79 Å². The van der Waals surface area contributed by atoms with Gasteiger partial charge >= 0.3 is 0 Å². The van der Waals surface area contributed by atoms with Crippen molar-refractivity contribution in [3.8, 4) is 11.5 Å². The SMILES string of the molecule is CCN(CC)S(=O)(=O)c1ccc(N=Nc2cc(O)c(N=Nc3c(S)cc4cc(S)cc(NC(C)=O)c4c3O)cc2C)cc1. The van der Waals surface area contributed by atoms with Crippen LogP contribution in [-0.2, 0) is 14.8 Å². The highest BCUT2D eigenvalue weighted by Crippen LogP contribution is 2.45. The van der Waals surface area contributed by atoms with Gasteiger partial charge in [-0.2, -0.15) is 14.5 Å². The van der Waals surface area contributed by atoms with Crippen molar-refractivity contribution in [2.24, 2.45) is 20.5 Å². The van der Waals surface area contributed by atoms with E-state index in [0.29, 0.717) is 56.3 Å². The molecule has 11 nitrogen and oxygen atoms in total. The first-order valence-corrected chi connectivity index (χ1v) is 15.5. The van der Waals surface area contributed by atoms with Crippen LogP contribution in [0, 0.1) is 6.92 Å². The molecule has 1 amide bonds. The third kappa shape index (κ3) is 6.99. The molecule has 0 saturated carbocycles. The van der Waals surface area contributed by atoms with Crippen LogP contribution in [0.4, 0.5) is 28.4 Å². The van der Waals surface area contributed by atoms with Crippen molar-refractivity contribution in [1.82, 2.24) is 4.31 Å². The summed E-state index contributed by atoms with van der Waals surface area (Å²) in [5.74, 6) is -0.805. The third-order valence-corrected chi connectivity index (χ3v) is 9.13. The zero-order valence-corrected chi connectivity index (χ0v) is 26.4. The molecule has 0 saturated heterocycles. The molecule has 0 radical (unpaired) electrons. The van der Waals surface area contributed by atoms with Crippen molar-refractivity contribution in [3.05, 3.63) is 60.2 Å². The average molecular weight is 639 g/mol. The Kier molecular flexibility index (Phi) is 9.75. The number of nitrogens with one attached hydrogen (secondary N) is 1. The molecule has 0 aromatic heterocycles. The van der Waals surface area contributed by atoms with E-state index in [9.17, 15) is 23.4 Å². The van der Waals surface area contributed by atoms with E-state index in [0.717, 1.165) is 0 Å². The molecule has 0 bridgehead atoms. The quantitative estimate of drug-likeness (QED) is 0.0929. The second kappa shape index (κ2) is 13.1. The Morgan fingerprint density at radius 2 is 1.56 bits per heavy atom. The monoisotopic (exact) mass is 638 g/mol. The Labute approximate surface area is 260 Å². The molecular formula is C29H30N6O5S3. The maximum atomic E-state index is 12.7. The van der Waals surface area contributed by atoms with E-state index < -0.39 is 10.0 Å². The summed E-state index contributed by atoms with van der Waals surface area (Å²) in [6, 6.07) is 14.0. The molecule has 0 fully saturated rings. The van der Waals surface area contributed by atoms with Crippen LogP contribution in [-0.4, -0.2) is 41.9 Å². The fraction of sp³-hybridized carbons (Fsp3) is 0.207. The number of aromatic hydroxyl groups is 2. The topological polar surface area (TPSA) is 156 Å². The lowest BCUT2D eigenvalue weighted by molar-refractivity contribution is -0.114. The van der Waals surface area contributed by atoms with Gasteiger partial charge in [0.05, 0.1) is 22.0 Å². The van der Waals surface area contributed by atoms with Crippen LogP contribution in [0.5, 0.6) is 11.5 Å². The Morgan fingerprint density at radius 1 is 0.907 bits per heavy atom. The molecule has 0 unspecified atom stereocenters. The fourth-order valence-electron chi connectivity index (χ4n) is 4.34. The number of anilines is 1. The second-order valence-electron chi connectivity index (χ2n) is 9.48. The maximum Gasteiger partial charge on any atom is 0.243 e. The highest BCUT2D eigenvalue weighted by atomic mass is 32.2. The van der Waals surface area contributed by atoms with Gasteiger partial charge in [-0.1, -0.05) is 13.8 Å². The molecule has 0 aliphatic carbocycles. The van der Waals surface area contributed by atoms with Crippen LogP contribution in [0.25, 0.3) is 10.8 Å². The summed E-state index contributed by atoms with van der Waals surface area (Å²) in [6.45, 7) is 7.40. The lowest BCUT2D eigenvalue weighted by Gasteiger charge is -2.18.